The molecule has 0 fully saturated rings. The van der Waals surface area contributed by atoms with Gasteiger partial charge in [0.25, 0.3) is 0 Å². The summed E-state index contributed by atoms with van der Waals surface area (Å²) in [5.74, 6) is 0. The van der Waals surface area contributed by atoms with Gasteiger partial charge in [0.2, 0.25) is 0 Å². The Morgan fingerprint density at radius 3 is 1.93 bits per heavy atom. The van der Waals surface area contributed by atoms with Crippen molar-refractivity contribution in [1.29, 1.82) is 0 Å². The van der Waals surface area contributed by atoms with Crippen LogP contribution in [0.3, 0.4) is 0 Å². The van der Waals surface area contributed by atoms with Crippen LogP contribution in [0.5, 0.6) is 0 Å². The number of nitrogens with one attached hydrogen (secondary N) is 3. The second-order valence-electron chi connectivity index (χ2n) is 13.5. The maximum Gasteiger partial charge on any atom is 0.115 e. The second-order valence-corrected chi connectivity index (χ2v) is 13.5. The molecule has 9 heteroatoms. The second kappa shape index (κ2) is 13.4. The lowest BCUT2D eigenvalue weighted by Gasteiger charge is -2.20. The molecule has 0 saturated carbocycles. The van der Waals surface area contributed by atoms with Crippen LogP contribution in [0, 0.1) is 0 Å². The van der Waals surface area contributed by atoms with E-state index in [-0.39, 0.29) is 6.04 Å². The first-order valence-electron chi connectivity index (χ1n) is 17.9. The van der Waals surface area contributed by atoms with Crippen molar-refractivity contribution >= 4 is 61.6 Å². The molecule has 3 aromatic heterocycles. The van der Waals surface area contributed by atoms with Gasteiger partial charge in [-0.1, -0.05) is 36.4 Å². The van der Waals surface area contributed by atoms with Gasteiger partial charge in [-0.3, -0.25) is 15.0 Å². The Hall–Kier alpha value is -7.26. The molecule has 6 heterocycles. The molecule has 7 aromatic rings. The van der Waals surface area contributed by atoms with Crippen LogP contribution in [0.15, 0.2) is 151 Å². The minimum Gasteiger partial charge on any atom is -0.380 e. The molecule has 1 unspecified atom stereocenters. The molecule has 54 heavy (non-hydrogen) atoms. The molecule has 1 atom stereocenters. The van der Waals surface area contributed by atoms with Gasteiger partial charge >= 0.3 is 0 Å². The van der Waals surface area contributed by atoms with Gasteiger partial charge in [0.15, 0.2) is 0 Å². The molecule has 4 aromatic carbocycles. The molecular formula is C45H33N9. The molecular weight excluding hydrogens is 667 g/mol. The summed E-state index contributed by atoms with van der Waals surface area (Å²) in [6.07, 6.45) is 22.9. The first-order valence-corrected chi connectivity index (χ1v) is 17.9. The summed E-state index contributed by atoms with van der Waals surface area (Å²) in [7, 11) is 0. The van der Waals surface area contributed by atoms with Crippen LogP contribution >= 0.6 is 0 Å². The molecule has 0 aliphatic carbocycles. The lowest BCUT2D eigenvalue weighted by Crippen LogP contribution is -2.17. The van der Waals surface area contributed by atoms with E-state index in [0.717, 1.165) is 61.5 Å². The molecule has 0 saturated heterocycles. The molecule has 0 spiro atoms. The molecule has 0 bridgehead atoms. The Morgan fingerprint density at radius 2 is 1.26 bits per heavy atom. The number of aromatic nitrogens is 4. The first-order chi connectivity index (χ1) is 26.7. The number of rotatable bonds is 6. The molecule has 3 aliphatic rings. The van der Waals surface area contributed by atoms with Crippen molar-refractivity contribution in [3.63, 3.8) is 0 Å². The minimum atomic E-state index is -0.0192. The van der Waals surface area contributed by atoms with Crippen LogP contribution in [-0.2, 0) is 0 Å². The van der Waals surface area contributed by atoms with Crippen LogP contribution in [0.25, 0.3) is 71.3 Å². The average Bonchev–Trinajstić information content (AvgIpc) is 3.27. The maximum atomic E-state index is 4.67. The topological polar surface area (TPSA) is 112 Å². The van der Waals surface area contributed by atoms with Crippen molar-refractivity contribution in [2.75, 3.05) is 13.2 Å². The first kappa shape index (κ1) is 31.5. The highest BCUT2D eigenvalue weighted by Crippen LogP contribution is 2.41. The van der Waals surface area contributed by atoms with Crippen molar-refractivity contribution in [1.82, 2.24) is 35.9 Å². The van der Waals surface area contributed by atoms with E-state index < -0.39 is 0 Å². The molecule has 258 valence electrons. The molecule has 0 amide bonds. The van der Waals surface area contributed by atoms with Crippen LogP contribution < -0.4 is 16.0 Å². The molecule has 10 rings (SSSR count). The monoisotopic (exact) mass is 699 g/mol. The third kappa shape index (κ3) is 5.78. The number of hydrogen-bond acceptors (Lipinski definition) is 9. The van der Waals surface area contributed by atoms with Crippen LogP contribution in [0.4, 0.5) is 0 Å². The Labute approximate surface area is 311 Å². The number of pyridine rings is 2. The third-order valence-corrected chi connectivity index (χ3v) is 10.3. The van der Waals surface area contributed by atoms with E-state index in [1.807, 2.05) is 49.6 Å². The Balaban J connectivity index is 1.15. The third-order valence-electron chi connectivity index (χ3n) is 10.3. The van der Waals surface area contributed by atoms with E-state index in [2.05, 4.69) is 137 Å². The maximum absolute atomic E-state index is 4.67. The highest BCUT2D eigenvalue weighted by atomic mass is 15.0. The zero-order valence-corrected chi connectivity index (χ0v) is 29.1. The lowest BCUT2D eigenvalue weighted by molar-refractivity contribution is 0.739. The molecule has 3 N–H and O–H groups in total. The van der Waals surface area contributed by atoms with E-state index in [1.165, 1.54) is 32.3 Å². The average molecular weight is 700 g/mol. The fourth-order valence-corrected chi connectivity index (χ4v) is 7.55. The number of benzene rings is 4. The quantitative estimate of drug-likeness (QED) is 0.150. The summed E-state index contributed by atoms with van der Waals surface area (Å²) in [5.41, 5.74) is 11.6. The van der Waals surface area contributed by atoms with Crippen molar-refractivity contribution in [2.45, 2.75) is 6.04 Å². The number of aliphatic imine (C=N–C) groups is 2. The summed E-state index contributed by atoms with van der Waals surface area (Å²) < 4.78 is 0. The van der Waals surface area contributed by atoms with Gasteiger partial charge in [-0.25, -0.2) is 15.0 Å². The summed E-state index contributed by atoms with van der Waals surface area (Å²) in [6.45, 7) is 1.28. The number of fused-ring (bicyclic) bond motifs is 6. The van der Waals surface area contributed by atoms with Gasteiger partial charge in [0.1, 0.15) is 13.0 Å². The zero-order valence-electron chi connectivity index (χ0n) is 29.1. The van der Waals surface area contributed by atoms with Gasteiger partial charge in [-0.2, -0.15) is 0 Å². The molecule has 3 aliphatic heterocycles. The number of nitrogens with zero attached hydrogens (tertiary/aromatic N) is 6. The van der Waals surface area contributed by atoms with E-state index in [0.29, 0.717) is 13.2 Å². The molecule has 0 radical (unpaired) electrons. The fourth-order valence-electron chi connectivity index (χ4n) is 7.55. The fraction of sp³-hybridized carbons (Fsp3) is 0.0667. The number of allylic oxidation sites excluding steroid dienone is 3. The van der Waals surface area contributed by atoms with E-state index >= 15 is 0 Å². The Kier molecular flexibility index (Phi) is 7.79. The van der Waals surface area contributed by atoms with E-state index in [4.69, 9.17) is 0 Å². The number of hydrogen-bond donors (Lipinski definition) is 3. The summed E-state index contributed by atoms with van der Waals surface area (Å²) in [4.78, 5) is 26.5. The van der Waals surface area contributed by atoms with Gasteiger partial charge in [0, 0.05) is 66.7 Å². The predicted octanol–water partition coefficient (Wildman–Crippen LogP) is 8.25. The summed E-state index contributed by atoms with van der Waals surface area (Å²) in [6, 6.07) is 28.9. The smallest absolute Gasteiger partial charge is 0.115 e. The lowest BCUT2D eigenvalue weighted by atomic mass is 9.88. The van der Waals surface area contributed by atoms with Gasteiger partial charge in [0.05, 0.1) is 23.8 Å². The minimum absolute atomic E-state index is 0.0192. The highest BCUT2D eigenvalue weighted by Gasteiger charge is 2.17. The van der Waals surface area contributed by atoms with Crippen molar-refractivity contribution in [3.05, 3.63) is 163 Å². The van der Waals surface area contributed by atoms with Crippen molar-refractivity contribution in [2.24, 2.45) is 9.98 Å². The van der Waals surface area contributed by atoms with Crippen LogP contribution in [0.2, 0.25) is 0 Å². The van der Waals surface area contributed by atoms with Crippen molar-refractivity contribution < 1.29 is 0 Å². The Bertz CT molecular complexity index is 2810. The predicted molar refractivity (Wildman–Crippen MR) is 219 cm³/mol. The van der Waals surface area contributed by atoms with Crippen molar-refractivity contribution in [3.8, 4) is 22.3 Å². The van der Waals surface area contributed by atoms with E-state index in [1.54, 1.807) is 12.7 Å². The summed E-state index contributed by atoms with van der Waals surface area (Å²) >= 11 is 0. The standard InChI is InChI=1S/C45H33N9/c1-4-37-40(13-28(1)31-7-10-52-43(16-31)34-19-46-25-47-20-34)38-5-2-30(33-9-12-54-45(18-33)36-23-50-27-51-24-36)15-42(38)39-6-3-29(14-41(37)39)32-8-11-53-44(17-32)35-21-48-26-49-22-35/h1-23,25,27,43,48,52H,24,26H2,(H,50,51). The molecule has 9 nitrogen and oxygen atoms in total. The van der Waals surface area contributed by atoms with Crippen LogP contribution in [0.1, 0.15) is 28.6 Å². The normalized spacial score (nSPS) is 16.4. The SMILES string of the molecule is C1=CC(c2ccc3c(c2)c2ccc(-c4ccnc(C5=CN=CNC5)c4)cc2c2ccc(-c4ccnc(C5=CNCN=C5)c4)cc32)=CC(c2cncnc2)N1. The summed E-state index contributed by atoms with van der Waals surface area (Å²) in [5, 5.41) is 17.0. The largest absolute Gasteiger partial charge is 0.380 e. The van der Waals surface area contributed by atoms with Gasteiger partial charge in [-0.15, -0.1) is 0 Å². The highest BCUT2D eigenvalue weighted by molar-refractivity contribution is 6.26. The number of dihydropyridines is 1. The van der Waals surface area contributed by atoms with Gasteiger partial charge in [-0.05, 0) is 127 Å². The Morgan fingerprint density at radius 1 is 0.611 bits per heavy atom. The zero-order chi connectivity index (χ0) is 35.8. The van der Waals surface area contributed by atoms with E-state index in [9.17, 15) is 0 Å². The van der Waals surface area contributed by atoms with Crippen LogP contribution in [-0.4, -0.2) is 45.7 Å². The van der Waals surface area contributed by atoms with Gasteiger partial charge < -0.3 is 16.0 Å².